The fraction of sp³-hybridized carbons (Fsp3) is 0.667. The Morgan fingerprint density at radius 2 is 1.37 bits per heavy atom. The van der Waals surface area contributed by atoms with E-state index in [2.05, 4.69) is 6.92 Å². The van der Waals surface area contributed by atoms with Gasteiger partial charge in [-0.1, -0.05) is 114 Å². The molecule has 0 aliphatic rings. The first kappa shape index (κ1) is 30.7. The Morgan fingerprint density at radius 3 is 1.94 bits per heavy atom. The van der Waals surface area contributed by atoms with Crippen LogP contribution in [0.2, 0.25) is 0 Å². The Morgan fingerprint density at radius 1 is 0.800 bits per heavy atom. The number of carbonyl (C=O) groups is 2. The minimum absolute atomic E-state index is 0.106. The molecule has 0 amide bonds. The van der Waals surface area contributed by atoms with Gasteiger partial charge in [0, 0.05) is 0 Å². The maximum atomic E-state index is 12.0. The Hall–Kier alpha value is -2.30. The molecular formula is C30H48O5. The van der Waals surface area contributed by atoms with Crippen molar-refractivity contribution in [2.45, 2.75) is 110 Å². The highest BCUT2D eigenvalue weighted by molar-refractivity contribution is 5.78. The average Bonchev–Trinajstić information content (AvgIpc) is 2.86. The molecule has 1 N–H and O–H groups in total. The van der Waals surface area contributed by atoms with Crippen LogP contribution < -0.4 is 4.74 Å². The highest BCUT2D eigenvalue weighted by Crippen LogP contribution is 2.15. The van der Waals surface area contributed by atoms with Gasteiger partial charge in [0.2, 0.25) is 0 Å². The second-order valence-corrected chi connectivity index (χ2v) is 9.36. The number of rotatable bonds is 23. The van der Waals surface area contributed by atoms with E-state index >= 15 is 0 Å². The highest BCUT2D eigenvalue weighted by Gasteiger charge is 2.20. The summed E-state index contributed by atoms with van der Waals surface area (Å²) in [5.41, 5.74) is 0. The van der Waals surface area contributed by atoms with Gasteiger partial charge < -0.3 is 14.6 Å². The van der Waals surface area contributed by atoms with Gasteiger partial charge in [-0.25, -0.2) is 0 Å². The molecule has 1 aromatic carbocycles. The lowest BCUT2D eigenvalue weighted by atomic mass is 10.0. The van der Waals surface area contributed by atoms with E-state index in [4.69, 9.17) is 9.47 Å². The molecule has 0 spiro atoms. The second-order valence-electron chi connectivity index (χ2n) is 9.36. The summed E-state index contributed by atoms with van der Waals surface area (Å²) in [7, 11) is 0. The standard InChI is InChI=1S/C30H48O5/c1-2-3-4-5-6-7-8-9-10-11-12-13-14-15-16-18-21-27(30(32)33)26-29(31)35-25-24-34-28-22-19-17-20-23-28/h16-20,22-23,27H,2-15,21,24-26H2,1H3,(H,32,33)/b18-16+/t27-/m1/s1. The van der Waals surface area contributed by atoms with Gasteiger partial charge >= 0.3 is 11.9 Å². The van der Waals surface area contributed by atoms with Crippen LogP contribution in [0.3, 0.4) is 0 Å². The number of hydrogen-bond acceptors (Lipinski definition) is 4. The van der Waals surface area contributed by atoms with Crippen molar-refractivity contribution < 1.29 is 24.2 Å². The predicted molar refractivity (Wildman–Crippen MR) is 143 cm³/mol. The summed E-state index contributed by atoms with van der Waals surface area (Å²) in [6.07, 6.45) is 22.5. The molecule has 0 radical (unpaired) electrons. The Balaban J connectivity index is 1.99. The fourth-order valence-corrected chi connectivity index (χ4v) is 4.02. The van der Waals surface area contributed by atoms with Gasteiger partial charge in [0.1, 0.15) is 19.0 Å². The van der Waals surface area contributed by atoms with Crippen LogP contribution in [0.5, 0.6) is 5.75 Å². The van der Waals surface area contributed by atoms with Crippen LogP contribution in [-0.2, 0) is 14.3 Å². The lowest BCUT2D eigenvalue weighted by molar-refractivity contribution is -0.151. The van der Waals surface area contributed by atoms with Crippen molar-refractivity contribution in [3.05, 3.63) is 42.5 Å². The van der Waals surface area contributed by atoms with Crippen LogP contribution in [-0.4, -0.2) is 30.3 Å². The molecule has 1 rings (SSSR count). The third-order valence-electron chi connectivity index (χ3n) is 6.18. The lowest BCUT2D eigenvalue weighted by Gasteiger charge is -2.10. The minimum atomic E-state index is -0.965. The molecule has 35 heavy (non-hydrogen) atoms. The van der Waals surface area contributed by atoms with Crippen LogP contribution in [0.25, 0.3) is 0 Å². The van der Waals surface area contributed by atoms with Crippen LogP contribution >= 0.6 is 0 Å². The Kier molecular flexibility index (Phi) is 19.5. The van der Waals surface area contributed by atoms with Crippen LogP contribution in [0, 0.1) is 5.92 Å². The lowest BCUT2D eigenvalue weighted by Crippen LogP contribution is -2.20. The van der Waals surface area contributed by atoms with Gasteiger partial charge in [0.05, 0.1) is 12.3 Å². The molecule has 0 unspecified atom stereocenters. The van der Waals surface area contributed by atoms with E-state index in [0.29, 0.717) is 12.2 Å². The molecule has 0 saturated heterocycles. The van der Waals surface area contributed by atoms with Crippen molar-refractivity contribution in [1.82, 2.24) is 0 Å². The molecule has 0 aliphatic heterocycles. The quantitative estimate of drug-likeness (QED) is 0.0956. The molecule has 0 heterocycles. The van der Waals surface area contributed by atoms with E-state index in [9.17, 15) is 14.7 Å². The number of ether oxygens (including phenoxy) is 2. The number of hydrogen-bond donors (Lipinski definition) is 1. The first-order valence-electron chi connectivity index (χ1n) is 13.8. The molecule has 5 nitrogen and oxygen atoms in total. The Labute approximate surface area is 213 Å². The number of carboxylic acids is 1. The van der Waals surface area contributed by atoms with Crippen molar-refractivity contribution in [2.24, 2.45) is 5.92 Å². The number of para-hydroxylation sites is 1. The zero-order chi connectivity index (χ0) is 25.4. The van der Waals surface area contributed by atoms with Gasteiger partial charge in [0.25, 0.3) is 0 Å². The van der Waals surface area contributed by atoms with Crippen LogP contribution in [0.4, 0.5) is 0 Å². The number of unbranched alkanes of at least 4 members (excludes halogenated alkanes) is 13. The molecular weight excluding hydrogens is 440 g/mol. The SMILES string of the molecule is CCCCCCCCCCCCCCC/C=C/C[C@H](CC(=O)OCCOc1ccccc1)C(=O)O. The summed E-state index contributed by atoms with van der Waals surface area (Å²) in [6.45, 7) is 2.61. The Bertz CT molecular complexity index is 671. The number of aliphatic carboxylic acids is 1. The molecule has 0 aliphatic carbocycles. The molecule has 0 bridgehead atoms. The van der Waals surface area contributed by atoms with Crippen molar-refractivity contribution in [3.8, 4) is 5.75 Å². The van der Waals surface area contributed by atoms with Crippen molar-refractivity contribution in [1.29, 1.82) is 0 Å². The number of carboxylic acid groups (broad SMARTS) is 1. The highest BCUT2D eigenvalue weighted by atomic mass is 16.6. The predicted octanol–water partition coefficient (Wildman–Crippen LogP) is 8.13. The summed E-state index contributed by atoms with van der Waals surface area (Å²) < 4.78 is 10.6. The first-order valence-corrected chi connectivity index (χ1v) is 13.8. The molecule has 0 fully saturated rings. The zero-order valence-electron chi connectivity index (χ0n) is 21.9. The minimum Gasteiger partial charge on any atom is -0.490 e. The van der Waals surface area contributed by atoms with E-state index in [-0.39, 0.29) is 19.6 Å². The van der Waals surface area contributed by atoms with Gasteiger partial charge in [-0.15, -0.1) is 0 Å². The van der Waals surface area contributed by atoms with Gasteiger partial charge in [-0.2, -0.15) is 0 Å². The number of esters is 1. The molecule has 0 aromatic heterocycles. The number of carbonyl (C=O) groups excluding carboxylic acids is 1. The largest absolute Gasteiger partial charge is 0.490 e. The summed E-state index contributed by atoms with van der Waals surface area (Å²) in [6, 6.07) is 9.28. The van der Waals surface area contributed by atoms with E-state index in [1.807, 2.05) is 42.5 Å². The second kappa shape index (κ2) is 22.2. The van der Waals surface area contributed by atoms with Crippen molar-refractivity contribution in [3.63, 3.8) is 0 Å². The molecule has 1 aromatic rings. The van der Waals surface area contributed by atoms with E-state index < -0.39 is 17.9 Å². The maximum Gasteiger partial charge on any atom is 0.307 e. The van der Waals surface area contributed by atoms with E-state index in [0.717, 1.165) is 12.8 Å². The summed E-state index contributed by atoms with van der Waals surface area (Å²) in [5, 5.41) is 9.40. The van der Waals surface area contributed by atoms with Crippen LogP contribution in [0.15, 0.2) is 42.5 Å². The number of benzene rings is 1. The van der Waals surface area contributed by atoms with Gasteiger partial charge in [-0.3, -0.25) is 9.59 Å². The van der Waals surface area contributed by atoms with Gasteiger partial charge in [-0.05, 0) is 31.4 Å². The maximum absolute atomic E-state index is 12.0. The van der Waals surface area contributed by atoms with E-state index in [1.165, 1.54) is 77.0 Å². The zero-order valence-corrected chi connectivity index (χ0v) is 21.9. The molecule has 198 valence electrons. The smallest absolute Gasteiger partial charge is 0.307 e. The van der Waals surface area contributed by atoms with E-state index in [1.54, 1.807) is 0 Å². The molecule has 5 heteroatoms. The third kappa shape index (κ3) is 18.7. The van der Waals surface area contributed by atoms with Crippen molar-refractivity contribution >= 4 is 11.9 Å². The number of allylic oxidation sites excluding steroid dienone is 2. The topological polar surface area (TPSA) is 72.8 Å². The molecule has 1 atom stereocenters. The summed E-state index contributed by atoms with van der Waals surface area (Å²) >= 11 is 0. The summed E-state index contributed by atoms with van der Waals surface area (Å²) in [5.74, 6) is -1.51. The monoisotopic (exact) mass is 488 g/mol. The fourth-order valence-electron chi connectivity index (χ4n) is 4.02. The van der Waals surface area contributed by atoms with Crippen LogP contribution in [0.1, 0.15) is 110 Å². The third-order valence-corrected chi connectivity index (χ3v) is 6.18. The van der Waals surface area contributed by atoms with Gasteiger partial charge in [0.15, 0.2) is 0 Å². The first-order chi connectivity index (χ1) is 17.1. The van der Waals surface area contributed by atoms with Crippen molar-refractivity contribution in [2.75, 3.05) is 13.2 Å². The normalized spacial score (nSPS) is 12.0. The summed E-state index contributed by atoms with van der Waals surface area (Å²) in [4.78, 5) is 23.5. The molecule has 0 saturated carbocycles. The average molecular weight is 489 g/mol.